The van der Waals surface area contributed by atoms with Crippen molar-refractivity contribution in [2.45, 2.75) is 6.92 Å². The molecule has 10 heteroatoms. The number of hydrogen-bond donors (Lipinski definition) is 2. The van der Waals surface area contributed by atoms with E-state index >= 15 is 0 Å². The van der Waals surface area contributed by atoms with Crippen LogP contribution in [-0.2, 0) is 9.59 Å². The fourth-order valence-corrected chi connectivity index (χ4v) is 2.08. The third-order valence-corrected chi connectivity index (χ3v) is 3.45. The lowest BCUT2D eigenvalue weighted by molar-refractivity contribution is -0.398. The zero-order valence-corrected chi connectivity index (χ0v) is 14.4. The van der Waals surface area contributed by atoms with Crippen LogP contribution in [0.5, 0.6) is 11.5 Å². The van der Waals surface area contributed by atoms with Crippen LogP contribution in [0.4, 0.5) is 11.4 Å². The Bertz CT molecular complexity index is 926. The minimum atomic E-state index is -1.03. The Morgan fingerprint density at radius 3 is 2.56 bits per heavy atom. The maximum absolute atomic E-state index is 11.8. The van der Waals surface area contributed by atoms with E-state index in [1.807, 2.05) is 5.43 Å². The van der Waals surface area contributed by atoms with E-state index in [0.717, 1.165) is 17.8 Å². The van der Waals surface area contributed by atoms with Gasteiger partial charge in [-0.15, -0.1) is 0 Å². The Balaban J connectivity index is 2.07. The smallest absolute Gasteiger partial charge is 0.329 e. The second-order valence-corrected chi connectivity index (χ2v) is 5.30. The Hall–Kier alpha value is -3.95. The van der Waals surface area contributed by atoms with E-state index in [9.17, 15) is 24.8 Å². The number of methoxy groups -OCH3 is 1. The predicted octanol–water partition coefficient (Wildman–Crippen LogP) is 1.07. The molecule has 0 aromatic heterocycles. The Kier molecular flexibility index (Phi) is 6.05. The highest BCUT2D eigenvalue weighted by Gasteiger charge is 2.15. The van der Waals surface area contributed by atoms with Crippen LogP contribution in [0.2, 0.25) is 0 Å². The third kappa shape index (κ3) is 4.78. The molecule has 2 amide bonds. The number of amides is 2. The van der Waals surface area contributed by atoms with Crippen molar-refractivity contribution in [3.05, 3.63) is 57.6 Å². The molecule has 140 valence electrons. The number of aryl methyl sites for hydroxylation is 1. The summed E-state index contributed by atoms with van der Waals surface area (Å²) in [7, 11) is 1.19. The zero-order chi connectivity index (χ0) is 20.0. The van der Waals surface area contributed by atoms with Crippen molar-refractivity contribution in [2.24, 2.45) is 5.10 Å². The largest absolute Gasteiger partial charge is 0.865 e. The van der Waals surface area contributed by atoms with Gasteiger partial charge < -0.3 is 15.2 Å². The molecule has 0 fully saturated rings. The number of nitro groups is 1. The molecule has 10 nitrogen and oxygen atoms in total. The first-order chi connectivity index (χ1) is 12.8. The van der Waals surface area contributed by atoms with Gasteiger partial charge in [0.25, 0.3) is 5.69 Å². The lowest BCUT2D eigenvalue weighted by Crippen LogP contribution is -2.32. The van der Waals surface area contributed by atoms with Crippen LogP contribution >= 0.6 is 0 Å². The SMILES string of the molecule is COc1cc(/C=N\NC(=O)C(=O)Nc2ccccc2C)cc([N+](=O)[O-])c1[O-]. The molecule has 0 unspecified atom stereocenters. The minimum absolute atomic E-state index is 0.137. The van der Waals surface area contributed by atoms with Gasteiger partial charge in [0, 0.05) is 23.1 Å². The average molecular weight is 371 g/mol. The summed E-state index contributed by atoms with van der Waals surface area (Å²) in [4.78, 5) is 33.7. The number of hydrogen-bond acceptors (Lipinski definition) is 7. The summed E-state index contributed by atoms with van der Waals surface area (Å²) < 4.78 is 4.79. The molecule has 0 bridgehead atoms. The summed E-state index contributed by atoms with van der Waals surface area (Å²) in [5, 5.41) is 28.6. The summed E-state index contributed by atoms with van der Waals surface area (Å²) in [5.41, 5.74) is 2.70. The third-order valence-electron chi connectivity index (χ3n) is 3.45. The van der Waals surface area contributed by atoms with Crippen LogP contribution in [0.25, 0.3) is 0 Å². The number of para-hydroxylation sites is 1. The molecule has 0 saturated carbocycles. The van der Waals surface area contributed by atoms with Gasteiger partial charge in [0.05, 0.1) is 18.2 Å². The predicted molar refractivity (Wildman–Crippen MR) is 94.6 cm³/mol. The van der Waals surface area contributed by atoms with Gasteiger partial charge in [-0.2, -0.15) is 5.10 Å². The van der Waals surface area contributed by atoms with E-state index in [1.54, 1.807) is 31.2 Å². The molecule has 0 aliphatic heterocycles. The standard InChI is InChI=1S/C17H16N4O6/c1-10-5-3-4-6-12(10)19-16(23)17(24)20-18-9-11-7-13(21(25)26)15(22)14(8-11)27-2/h3-9,22H,1-2H3,(H,19,23)(H,20,24)/p-1/b18-9-. The van der Waals surface area contributed by atoms with Crippen LogP contribution in [0.1, 0.15) is 11.1 Å². The number of carbonyl (C=O) groups excluding carboxylic acids is 2. The molecule has 2 aromatic carbocycles. The molecular weight excluding hydrogens is 356 g/mol. The molecule has 0 radical (unpaired) electrons. The maximum Gasteiger partial charge on any atom is 0.329 e. The van der Waals surface area contributed by atoms with E-state index in [4.69, 9.17) is 4.74 Å². The molecule has 0 atom stereocenters. The number of rotatable bonds is 5. The van der Waals surface area contributed by atoms with Gasteiger partial charge in [-0.3, -0.25) is 19.7 Å². The number of ether oxygens (including phenoxy) is 1. The summed E-state index contributed by atoms with van der Waals surface area (Å²) in [6, 6.07) is 9.10. The number of nitrogens with zero attached hydrogens (tertiary/aromatic N) is 2. The van der Waals surface area contributed by atoms with Gasteiger partial charge in [0.1, 0.15) is 5.75 Å². The first-order valence-corrected chi connectivity index (χ1v) is 7.57. The van der Waals surface area contributed by atoms with Crippen LogP contribution in [0, 0.1) is 17.0 Å². The lowest BCUT2D eigenvalue weighted by Gasteiger charge is -2.12. The van der Waals surface area contributed by atoms with Gasteiger partial charge >= 0.3 is 11.8 Å². The molecule has 2 N–H and O–H groups in total. The van der Waals surface area contributed by atoms with Crippen molar-refractivity contribution in [1.82, 2.24) is 5.43 Å². The average Bonchev–Trinajstić information content (AvgIpc) is 2.64. The normalized spacial score (nSPS) is 10.4. The number of benzene rings is 2. The highest BCUT2D eigenvalue weighted by molar-refractivity contribution is 6.39. The Labute approximate surface area is 153 Å². The summed E-state index contributed by atoms with van der Waals surface area (Å²) >= 11 is 0. The fourth-order valence-electron chi connectivity index (χ4n) is 2.08. The van der Waals surface area contributed by atoms with E-state index < -0.39 is 28.2 Å². The monoisotopic (exact) mass is 371 g/mol. The van der Waals surface area contributed by atoms with Crippen LogP contribution in [-0.4, -0.2) is 30.1 Å². The number of anilines is 1. The minimum Gasteiger partial charge on any atom is -0.865 e. The lowest BCUT2D eigenvalue weighted by atomic mass is 10.2. The fraction of sp³-hybridized carbons (Fsp3) is 0.118. The van der Waals surface area contributed by atoms with Crippen molar-refractivity contribution >= 4 is 29.4 Å². The molecule has 0 aliphatic carbocycles. The topological polar surface area (TPSA) is 146 Å². The molecule has 0 spiro atoms. The molecule has 2 rings (SSSR count). The number of nitrogens with one attached hydrogen (secondary N) is 2. The second kappa shape index (κ2) is 8.43. The van der Waals surface area contributed by atoms with Crippen molar-refractivity contribution in [2.75, 3.05) is 12.4 Å². The number of carbonyl (C=O) groups is 2. The van der Waals surface area contributed by atoms with Crippen molar-refractivity contribution in [1.29, 1.82) is 0 Å². The molecule has 27 heavy (non-hydrogen) atoms. The second-order valence-electron chi connectivity index (χ2n) is 5.30. The molecular formula is C17H15N4O6-. The van der Waals surface area contributed by atoms with Crippen molar-refractivity contribution in [3.63, 3.8) is 0 Å². The van der Waals surface area contributed by atoms with Gasteiger partial charge in [-0.05, 0) is 24.6 Å². The van der Waals surface area contributed by atoms with E-state index in [1.165, 1.54) is 13.2 Å². The number of nitro benzene ring substituents is 1. The number of hydrazone groups is 1. The Morgan fingerprint density at radius 1 is 1.22 bits per heavy atom. The first-order valence-electron chi connectivity index (χ1n) is 7.57. The summed E-state index contributed by atoms with van der Waals surface area (Å²) in [6.45, 7) is 1.77. The highest BCUT2D eigenvalue weighted by atomic mass is 16.6. The molecule has 0 aliphatic rings. The van der Waals surface area contributed by atoms with Crippen LogP contribution < -0.4 is 20.6 Å². The Morgan fingerprint density at radius 2 is 1.93 bits per heavy atom. The van der Waals surface area contributed by atoms with Gasteiger partial charge in [0.2, 0.25) is 0 Å². The van der Waals surface area contributed by atoms with E-state index in [0.29, 0.717) is 5.69 Å². The molecule has 2 aromatic rings. The van der Waals surface area contributed by atoms with Crippen LogP contribution in [0.3, 0.4) is 0 Å². The summed E-state index contributed by atoms with van der Waals surface area (Å²) in [6.07, 6.45) is 1.05. The first kappa shape index (κ1) is 19.4. The van der Waals surface area contributed by atoms with Crippen LogP contribution in [0.15, 0.2) is 41.5 Å². The van der Waals surface area contributed by atoms with Crippen molar-refractivity contribution in [3.8, 4) is 11.5 Å². The van der Waals surface area contributed by atoms with Gasteiger partial charge in [0.15, 0.2) is 0 Å². The molecule has 0 saturated heterocycles. The van der Waals surface area contributed by atoms with E-state index in [-0.39, 0.29) is 11.3 Å². The van der Waals surface area contributed by atoms with Crippen molar-refractivity contribution < 1.29 is 24.4 Å². The molecule has 0 heterocycles. The van der Waals surface area contributed by atoms with E-state index in [2.05, 4.69) is 10.4 Å². The van der Waals surface area contributed by atoms with Gasteiger partial charge in [-0.1, -0.05) is 18.2 Å². The highest BCUT2D eigenvalue weighted by Crippen LogP contribution is 2.33. The zero-order valence-electron chi connectivity index (χ0n) is 14.4. The quantitative estimate of drug-likeness (QED) is 0.348. The van der Waals surface area contributed by atoms with Gasteiger partial charge in [-0.25, -0.2) is 5.43 Å². The maximum atomic E-state index is 11.8. The summed E-state index contributed by atoms with van der Waals surface area (Å²) in [5.74, 6) is -3.08.